The molecule has 0 unspecified atom stereocenters. The van der Waals surface area contributed by atoms with Gasteiger partial charge >= 0.3 is 12.2 Å². The van der Waals surface area contributed by atoms with E-state index in [9.17, 15) is 14.7 Å². The molecule has 0 atom stereocenters. The van der Waals surface area contributed by atoms with E-state index in [1.807, 2.05) is 0 Å². The summed E-state index contributed by atoms with van der Waals surface area (Å²) in [7, 11) is 0. The molecule has 0 saturated heterocycles. The van der Waals surface area contributed by atoms with E-state index in [1.165, 1.54) is 24.3 Å². The Kier molecular flexibility index (Phi) is 5.40. The van der Waals surface area contributed by atoms with E-state index < -0.39 is 17.8 Å². The molecule has 21 heavy (non-hydrogen) atoms. The summed E-state index contributed by atoms with van der Waals surface area (Å²) in [4.78, 5) is 23.7. The lowest BCUT2D eigenvalue weighted by atomic mass is 10.2. The Morgan fingerprint density at radius 1 is 1.24 bits per heavy atom. The quantitative estimate of drug-likeness (QED) is 0.819. The molecule has 0 aliphatic heterocycles. The molecule has 0 radical (unpaired) electrons. The number of hydrogen-bond acceptors (Lipinski definition) is 5. The molecule has 0 aromatic heterocycles. The first-order valence-corrected chi connectivity index (χ1v) is 6.48. The molecule has 7 heteroatoms. The van der Waals surface area contributed by atoms with Crippen LogP contribution in [0.3, 0.4) is 0 Å². The molecule has 0 bridgehead atoms. The van der Waals surface area contributed by atoms with Gasteiger partial charge in [0.1, 0.15) is 11.4 Å². The Labute approximate surface area is 123 Å². The maximum Gasteiger partial charge on any atom is 0.433 e. The van der Waals surface area contributed by atoms with Gasteiger partial charge in [0, 0.05) is 0 Å². The summed E-state index contributed by atoms with van der Waals surface area (Å²) in [5, 5.41) is 10.2. The van der Waals surface area contributed by atoms with Crippen LogP contribution in [0.4, 0.5) is 15.3 Å². The van der Waals surface area contributed by atoms with Crippen LogP contribution in [0.2, 0.25) is 0 Å². The monoisotopic (exact) mass is 296 g/mol. The summed E-state index contributed by atoms with van der Waals surface area (Å²) in [6, 6.07) is 5.70. The zero-order valence-electron chi connectivity index (χ0n) is 12.5. The predicted octanol–water partition coefficient (Wildman–Crippen LogP) is 2.79. The van der Waals surface area contributed by atoms with Crippen molar-refractivity contribution in [2.24, 2.45) is 0 Å². The molecule has 0 saturated carbocycles. The largest absolute Gasteiger partial charge is 0.508 e. The van der Waals surface area contributed by atoms with Gasteiger partial charge in [-0.05, 0) is 52.0 Å². The smallest absolute Gasteiger partial charge is 0.433 e. The molecular formula is C14H20N2O5. The average molecular weight is 296 g/mol. The van der Waals surface area contributed by atoms with E-state index in [2.05, 4.69) is 5.43 Å². The fourth-order valence-electron chi connectivity index (χ4n) is 1.40. The highest BCUT2D eigenvalue weighted by Crippen LogP contribution is 2.18. The molecular weight excluding hydrogens is 276 g/mol. The third kappa shape index (κ3) is 5.60. The zero-order valence-corrected chi connectivity index (χ0v) is 12.5. The molecule has 1 aromatic carbocycles. The first-order chi connectivity index (χ1) is 9.73. The number of nitrogens with one attached hydrogen (secondary N) is 1. The summed E-state index contributed by atoms with van der Waals surface area (Å²) in [6.45, 7) is 6.94. The number of anilines is 1. The van der Waals surface area contributed by atoms with Crippen molar-refractivity contribution in [1.82, 2.24) is 5.43 Å². The third-order valence-corrected chi connectivity index (χ3v) is 2.16. The molecule has 1 rings (SSSR count). The number of hydrazine groups is 1. The van der Waals surface area contributed by atoms with Crippen molar-refractivity contribution in [3.63, 3.8) is 0 Å². The maximum atomic E-state index is 11.9. The molecule has 0 heterocycles. The molecule has 0 fully saturated rings. The predicted molar refractivity (Wildman–Crippen MR) is 77.0 cm³/mol. The van der Waals surface area contributed by atoms with Crippen LogP contribution in [-0.4, -0.2) is 29.5 Å². The van der Waals surface area contributed by atoms with Gasteiger partial charge in [-0.25, -0.2) is 15.0 Å². The molecule has 2 amide bonds. The maximum absolute atomic E-state index is 11.9. The number of phenols is 1. The number of aromatic hydroxyl groups is 1. The van der Waals surface area contributed by atoms with E-state index >= 15 is 0 Å². The van der Waals surface area contributed by atoms with Crippen LogP contribution in [-0.2, 0) is 9.47 Å². The van der Waals surface area contributed by atoms with Gasteiger partial charge in [0.05, 0.1) is 12.3 Å². The summed E-state index contributed by atoms with van der Waals surface area (Å²) in [5.74, 6) is 0.0415. The van der Waals surface area contributed by atoms with Gasteiger partial charge in [-0.15, -0.1) is 0 Å². The van der Waals surface area contributed by atoms with Crippen molar-refractivity contribution >= 4 is 17.9 Å². The van der Waals surface area contributed by atoms with Crippen molar-refractivity contribution < 1.29 is 24.2 Å². The lowest BCUT2D eigenvalue weighted by molar-refractivity contribution is 0.0513. The second kappa shape index (κ2) is 6.83. The number of phenolic OH excluding ortho intramolecular Hbond substituents is 1. The second-order valence-electron chi connectivity index (χ2n) is 5.16. The number of rotatable bonds is 2. The Hall–Kier alpha value is -2.44. The van der Waals surface area contributed by atoms with Gasteiger partial charge in [0.15, 0.2) is 0 Å². The fourth-order valence-corrected chi connectivity index (χ4v) is 1.40. The lowest BCUT2D eigenvalue weighted by Gasteiger charge is -2.25. The fraction of sp³-hybridized carbons (Fsp3) is 0.429. The Bertz CT molecular complexity index is 493. The number of benzene rings is 1. The van der Waals surface area contributed by atoms with Gasteiger partial charge in [-0.3, -0.25) is 0 Å². The van der Waals surface area contributed by atoms with Crippen LogP contribution < -0.4 is 10.4 Å². The Morgan fingerprint density at radius 3 is 2.29 bits per heavy atom. The van der Waals surface area contributed by atoms with Crippen LogP contribution in [0.25, 0.3) is 0 Å². The highest BCUT2D eigenvalue weighted by atomic mass is 16.6. The van der Waals surface area contributed by atoms with Crippen molar-refractivity contribution in [1.29, 1.82) is 0 Å². The third-order valence-electron chi connectivity index (χ3n) is 2.16. The average Bonchev–Trinajstić information content (AvgIpc) is 2.35. The van der Waals surface area contributed by atoms with Crippen LogP contribution in [0.15, 0.2) is 24.3 Å². The molecule has 116 valence electrons. The summed E-state index contributed by atoms with van der Waals surface area (Å²) in [5.41, 5.74) is 1.95. The Morgan fingerprint density at radius 2 is 1.81 bits per heavy atom. The van der Waals surface area contributed by atoms with Crippen LogP contribution in [0.5, 0.6) is 5.75 Å². The number of nitrogens with zero attached hydrogens (tertiary/aromatic N) is 1. The van der Waals surface area contributed by atoms with E-state index in [0.29, 0.717) is 5.69 Å². The first-order valence-electron chi connectivity index (χ1n) is 6.48. The first kappa shape index (κ1) is 16.6. The van der Waals surface area contributed by atoms with Crippen LogP contribution >= 0.6 is 0 Å². The minimum absolute atomic E-state index is 0.0415. The summed E-state index contributed by atoms with van der Waals surface area (Å²) in [6.07, 6.45) is -1.54. The Balaban J connectivity index is 2.90. The second-order valence-corrected chi connectivity index (χ2v) is 5.16. The molecule has 0 spiro atoms. The number of amides is 2. The minimum Gasteiger partial charge on any atom is -0.508 e. The van der Waals surface area contributed by atoms with E-state index in [4.69, 9.17) is 9.47 Å². The summed E-state index contributed by atoms with van der Waals surface area (Å²) >= 11 is 0. The summed E-state index contributed by atoms with van der Waals surface area (Å²) < 4.78 is 9.97. The molecule has 7 nitrogen and oxygen atoms in total. The molecule has 1 aromatic rings. The number of carbonyl (C=O) groups excluding carboxylic acids is 2. The van der Waals surface area contributed by atoms with Gasteiger partial charge in [0.2, 0.25) is 0 Å². The highest BCUT2D eigenvalue weighted by Gasteiger charge is 2.23. The lowest BCUT2D eigenvalue weighted by Crippen LogP contribution is -2.48. The zero-order chi connectivity index (χ0) is 16.0. The van der Waals surface area contributed by atoms with Crippen molar-refractivity contribution in [2.75, 3.05) is 11.6 Å². The highest BCUT2D eigenvalue weighted by molar-refractivity contribution is 5.90. The van der Waals surface area contributed by atoms with Gasteiger partial charge in [0.25, 0.3) is 0 Å². The van der Waals surface area contributed by atoms with Crippen molar-refractivity contribution in [3.05, 3.63) is 24.3 Å². The number of ether oxygens (including phenoxy) is 2. The van der Waals surface area contributed by atoms with Crippen LogP contribution in [0, 0.1) is 0 Å². The van der Waals surface area contributed by atoms with E-state index in [-0.39, 0.29) is 12.4 Å². The molecule has 0 aliphatic rings. The molecule has 2 N–H and O–H groups in total. The van der Waals surface area contributed by atoms with Crippen molar-refractivity contribution in [3.8, 4) is 5.75 Å². The van der Waals surface area contributed by atoms with Gasteiger partial charge in [-0.2, -0.15) is 5.01 Å². The normalized spacial score (nSPS) is 10.7. The van der Waals surface area contributed by atoms with Crippen molar-refractivity contribution in [2.45, 2.75) is 33.3 Å². The standard InChI is InChI=1S/C14H20N2O5/c1-5-20-13(19)16(10-6-8-11(17)9-7-10)15-12(18)21-14(2,3)4/h6-9,17H,5H2,1-4H3,(H,15,18). The SMILES string of the molecule is CCOC(=O)N(NC(=O)OC(C)(C)C)c1ccc(O)cc1. The molecule has 0 aliphatic carbocycles. The van der Waals surface area contributed by atoms with Gasteiger partial charge < -0.3 is 14.6 Å². The van der Waals surface area contributed by atoms with Crippen LogP contribution in [0.1, 0.15) is 27.7 Å². The van der Waals surface area contributed by atoms with E-state index in [0.717, 1.165) is 5.01 Å². The van der Waals surface area contributed by atoms with Gasteiger partial charge in [-0.1, -0.05) is 0 Å². The number of carbonyl (C=O) groups is 2. The number of hydrogen-bond donors (Lipinski definition) is 2. The van der Waals surface area contributed by atoms with E-state index in [1.54, 1.807) is 27.7 Å². The topological polar surface area (TPSA) is 88.1 Å². The minimum atomic E-state index is -0.788.